The summed E-state index contributed by atoms with van der Waals surface area (Å²) in [5.41, 5.74) is 7.11. The highest BCUT2D eigenvalue weighted by Gasteiger charge is 2.25. The quantitative estimate of drug-likeness (QED) is 0.427. The van der Waals surface area contributed by atoms with Crippen molar-refractivity contribution in [2.24, 2.45) is 5.92 Å². The van der Waals surface area contributed by atoms with Crippen LogP contribution in [0.4, 0.5) is 5.82 Å². The number of fused-ring (bicyclic) bond motifs is 1. The highest BCUT2D eigenvalue weighted by Crippen LogP contribution is 2.27. The van der Waals surface area contributed by atoms with Gasteiger partial charge >= 0.3 is 11.5 Å². The molecule has 3 heterocycles. The van der Waals surface area contributed by atoms with Crippen LogP contribution in [0.1, 0.15) is 40.5 Å². The first kappa shape index (κ1) is 20.7. The number of nitrogens with one attached hydrogen (secondary N) is 1. The molecule has 170 valence electrons. The van der Waals surface area contributed by atoms with Crippen molar-refractivity contribution < 1.29 is 13.6 Å². The summed E-state index contributed by atoms with van der Waals surface area (Å²) in [5.74, 6) is -0.506. The molecule has 5 rings (SSSR count). The standard InChI is InChI=1S/C22H22N6O5/c1-12-15(33-22(31)32-12)11-27-16-17(23)25-18(20(29)24-9-13-7-8-13)26-19(16)28(21(27)30)10-14-5-3-2-4-6-14/h2-6,13H,7-11H2,1H3,(H,24,29)(H2,23,25,26). The summed E-state index contributed by atoms with van der Waals surface area (Å²) >= 11 is 0. The minimum absolute atomic E-state index is 0.0241. The summed E-state index contributed by atoms with van der Waals surface area (Å²) < 4.78 is 12.7. The van der Waals surface area contributed by atoms with Crippen LogP contribution in [0, 0.1) is 12.8 Å². The Morgan fingerprint density at radius 2 is 1.88 bits per heavy atom. The zero-order chi connectivity index (χ0) is 23.1. The van der Waals surface area contributed by atoms with E-state index in [1.165, 1.54) is 9.13 Å². The van der Waals surface area contributed by atoms with E-state index in [4.69, 9.17) is 14.6 Å². The van der Waals surface area contributed by atoms with Crippen LogP contribution in [0.2, 0.25) is 0 Å². The highest BCUT2D eigenvalue weighted by molar-refractivity contribution is 5.94. The molecule has 4 aromatic rings. The maximum absolute atomic E-state index is 13.4. The summed E-state index contributed by atoms with van der Waals surface area (Å²) in [4.78, 5) is 46.1. The molecule has 0 aliphatic heterocycles. The van der Waals surface area contributed by atoms with E-state index < -0.39 is 17.4 Å². The molecule has 0 spiro atoms. The number of amides is 1. The lowest BCUT2D eigenvalue weighted by Crippen LogP contribution is -2.28. The molecular weight excluding hydrogens is 428 g/mol. The topological polar surface area (TPSA) is 151 Å². The number of hydrogen-bond acceptors (Lipinski definition) is 8. The molecule has 0 bridgehead atoms. The Kier molecular flexibility index (Phi) is 5.08. The third-order valence-electron chi connectivity index (χ3n) is 5.65. The van der Waals surface area contributed by atoms with Crippen molar-refractivity contribution in [3.05, 3.63) is 74.3 Å². The Morgan fingerprint density at radius 3 is 2.55 bits per heavy atom. The molecule has 1 fully saturated rings. The van der Waals surface area contributed by atoms with Crippen LogP contribution in [-0.4, -0.2) is 31.6 Å². The lowest BCUT2D eigenvalue weighted by Gasteiger charge is -2.07. The van der Waals surface area contributed by atoms with Crippen LogP contribution in [0.3, 0.4) is 0 Å². The van der Waals surface area contributed by atoms with E-state index in [1.807, 2.05) is 30.3 Å². The molecule has 1 aliphatic rings. The Bertz CT molecular complexity index is 1460. The molecule has 0 saturated heterocycles. The molecule has 1 aromatic carbocycles. The first-order chi connectivity index (χ1) is 15.9. The average molecular weight is 450 g/mol. The predicted octanol–water partition coefficient (Wildman–Crippen LogP) is 1.27. The fraction of sp³-hybridized carbons (Fsp3) is 0.318. The van der Waals surface area contributed by atoms with Gasteiger partial charge in [0.25, 0.3) is 5.91 Å². The Hall–Kier alpha value is -4.15. The number of carbonyl (C=O) groups excluding carboxylic acids is 1. The van der Waals surface area contributed by atoms with Gasteiger partial charge in [-0.3, -0.25) is 13.9 Å². The summed E-state index contributed by atoms with van der Waals surface area (Å²) in [6, 6.07) is 9.36. The maximum Gasteiger partial charge on any atom is 0.519 e. The zero-order valence-corrected chi connectivity index (χ0v) is 17.9. The fourth-order valence-corrected chi connectivity index (χ4v) is 3.70. The number of imidazole rings is 1. The summed E-state index contributed by atoms with van der Waals surface area (Å²) in [7, 11) is 0. The molecule has 3 N–H and O–H groups in total. The fourth-order valence-electron chi connectivity index (χ4n) is 3.70. The molecule has 1 amide bonds. The predicted molar refractivity (Wildman–Crippen MR) is 118 cm³/mol. The summed E-state index contributed by atoms with van der Waals surface area (Å²) in [6.45, 7) is 2.22. The van der Waals surface area contributed by atoms with Crippen LogP contribution in [0.15, 0.2) is 48.8 Å². The average Bonchev–Trinajstić information content (AvgIpc) is 3.52. The number of nitrogens with zero attached hydrogens (tertiary/aromatic N) is 4. The zero-order valence-electron chi connectivity index (χ0n) is 17.9. The smallest absolute Gasteiger partial charge is 0.396 e. The van der Waals surface area contributed by atoms with Crippen molar-refractivity contribution in [3.8, 4) is 0 Å². The van der Waals surface area contributed by atoms with E-state index in [0.29, 0.717) is 12.5 Å². The van der Waals surface area contributed by atoms with Gasteiger partial charge in [-0.25, -0.2) is 19.6 Å². The van der Waals surface area contributed by atoms with Crippen molar-refractivity contribution in [1.82, 2.24) is 24.4 Å². The normalized spacial score (nSPS) is 13.5. The van der Waals surface area contributed by atoms with Gasteiger partial charge in [-0.15, -0.1) is 0 Å². The van der Waals surface area contributed by atoms with E-state index in [9.17, 15) is 14.4 Å². The molecule has 0 radical (unpaired) electrons. The lowest BCUT2D eigenvalue weighted by molar-refractivity contribution is 0.0942. The molecule has 3 aromatic heterocycles. The van der Waals surface area contributed by atoms with Gasteiger partial charge in [-0.1, -0.05) is 30.3 Å². The number of hydrogen-bond donors (Lipinski definition) is 2. The van der Waals surface area contributed by atoms with E-state index in [-0.39, 0.29) is 47.4 Å². The first-order valence-corrected chi connectivity index (χ1v) is 10.6. The van der Waals surface area contributed by atoms with E-state index in [1.54, 1.807) is 6.92 Å². The SMILES string of the molecule is Cc1oc(=O)oc1Cn1c(=O)n(Cc2ccccc2)c2nc(C(=O)NCC3CC3)nc(N)c21. The molecule has 0 unspecified atom stereocenters. The van der Waals surface area contributed by atoms with Gasteiger partial charge in [0.15, 0.2) is 17.2 Å². The first-order valence-electron chi connectivity index (χ1n) is 10.6. The van der Waals surface area contributed by atoms with Crippen LogP contribution in [-0.2, 0) is 13.1 Å². The molecular formula is C22H22N6O5. The third-order valence-corrected chi connectivity index (χ3v) is 5.65. The van der Waals surface area contributed by atoms with Crippen LogP contribution in [0.25, 0.3) is 11.2 Å². The largest absolute Gasteiger partial charge is 0.519 e. The minimum atomic E-state index is -0.859. The van der Waals surface area contributed by atoms with Crippen molar-refractivity contribution in [3.63, 3.8) is 0 Å². The molecule has 11 heteroatoms. The number of nitrogens with two attached hydrogens (primary N) is 1. The Morgan fingerprint density at radius 1 is 1.12 bits per heavy atom. The summed E-state index contributed by atoms with van der Waals surface area (Å²) in [5, 5.41) is 2.82. The van der Waals surface area contributed by atoms with E-state index >= 15 is 0 Å². The molecule has 1 aliphatic carbocycles. The van der Waals surface area contributed by atoms with Crippen LogP contribution in [0.5, 0.6) is 0 Å². The number of nitrogen functional groups attached to an aromatic ring is 1. The molecule has 11 nitrogen and oxygen atoms in total. The lowest BCUT2D eigenvalue weighted by atomic mass is 10.2. The van der Waals surface area contributed by atoms with Gasteiger partial charge in [0.2, 0.25) is 5.82 Å². The Labute approximate surface area is 186 Å². The molecule has 33 heavy (non-hydrogen) atoms. The van der Waals surface area contributed by atoms with Crippen molar-refractivity contribution in [2.75, 3.05) is 12.3 Å². The van der Waals surface area contributed by atoms with Gasteiger partial charge in [0.05, 0.1) is 13.1 Å². The van der Waals surface area contributed by atoms with E-state index in [0.717, 1.165) is 18.4 Å². The number of aromatic nitrogens is 4. The third kappa shape index (κ3) is 4.04. The second-order valence-electron chi connectivity index (χ2n) is 8.13. The highest BCUT2D eigenvalue weighted by atomic mass is 16.6. The number of anilines is 1. The van der Waals surface area contributed by atoms with Gasteiger partial charge in [0.1, 0.15) is 11.3 Å². The van der Waals surface area contributed by atoms with Crippen molar-refractivity contribution >= 4 is 22.9 Å². The van der Waals surface area contributed by atoms with Crippen molar-refractivity contribution in [1.29, 1.82) is 0 Å². The number of carbonyl (C=O) groups is 1. The molecule has 1 saturated carbocycles. The van der Waals surface area contributed by atoms with Gasteiger partial charge in [-0.05, 0) is 31.2 Å². The van der Waals surface area contributed by atoms with Gasteiger partial charge in [-0.2, -0.15) is 0 Å². The van der Waals surface area contributed by atoms with Gasteiger partial charge < -0.3 is 19.9 Å². The summed E-state index contributed by atoms with van der Waals surface area (Å²) in [6.07, 6.45) is 2.18. The van der Waals surface area contributed by atoms with Crippen LogP contribution < -0.4 is 22.6 Å². The maximum atomic E-state index is 13.4. The second kappa shape index (κ2) is 8.08. The Balaban J connectivity index is 1.63. The van der Waals surface area contributed by atoms with E-state index in [2.05, 4.69) is 15.3 Å². The monoisotopic (exact) mass is 450 g/mol. The number of benzene rings is 1. The second-order valence-corrected chi connectivity index (χ2v) is 8.13. The van der Waals surface area contributed by atoms with Crippen molar-refractivity contribution in [2.45, 2.75) is 32.9 Å². The van der Waals surface area contributed by atoms with Crippen LogP contribution >= 0.6 is 0 Å². The number of aryl methyl sites for hydroxylation is 1. The molecule has 0 atom stereocenters. The minimum Gasteiger partial charge on any atom is -0.396 e. The van der Waals surface area contributed by atoms with Gasteiger partial charge in [0, 0.05) is 6.54 Å². The number of rotatable bonds is 7.